The Morgan fingerprint density at radius 3 is 2.39 bits per heavy atom. The van der Waals surface area contributed by atoms with Crippen LogP contribution in [0.5, 0.6) is 0 Å². The van der Waals surface area contributed by atoms with Gasteiger partial charge in [-0.25, -0.2) is 0 Å². The highest BCUT2D eigenvalue weighted by atomic mass is 19.4. The van der Waals surface area contributed by atoms with Crippen molar-refractivity contribution < 1.29 is 22.8 Å². The smallest absolute Gasteiger partial charge is 0.351 e. The maximum Gasteiger partial charge on any atom is 0.406 e. The van der Waals surface area contributed by atoms with E-state index >= 15 is 0 Å². The van der Waals surface area contributed by atoms with E-state index in [0.29, 0.717) is 4.90 Å². The molecule has 1 saturated heterocycles. The lowest BCUT2D eigenvalue weighted by Gasteiger charge is -2.23. The molecule has 0 aliphatic carbocycles. The number of rotatable bonds is 2. The van der Waals surface area contributed by atoms with Crippen LogP contribution in [0.15, 0.2) is 0 Å². The van der Waals surface area contributed by atoms with Gasteiger partial charge in [0.05, 0.1) is 5.92 Å². The molecule has 4 nitrogen and oxygen atoms in total. The van der Waals surface area contributed by atoms with Crippen LogP contribution >= 0.6 is 0 Å². The highest BCUT2D eigenvalue weighted by Gasteiger charge is 2.40. The number of carbonyl (C=O) groups is 2. The number of hydrogen-bond donors (Lipinski definition) is 1. The predicted octanol–water partition coefficient (Wildman–Crippen LogP) is 1.31. The molecular weight excluding hydrogens is 249 g/mol. The summed E-state index contributed by atoms with van der Waals surface area (Å²) in [6, 6.07) is 0. The summed E-state index contributed by atoms with van der Waals surface area (Å²) in [4.78, 5) is 23.8. The third-order valence-corrected chi connectivity index (χ3v) is 2.45. The number of amides is 2. The first-order valence-corrected chi connectivity index (χ1v) is 5.64. The second-order valence-electron chi connectivity index (χ2n) is 5.53. The van der Waals surface area contributed by atoms with Crippen LogP contribution in [0.2, 0.25) is 0 Å². The Balaban J connectivity index is 2.59. The van der Waals surface area contributed by atoms with Gasteiger partial charge in [0.2, 0.25) is 11.8 Å². The summed E-state index contributed by atoms with van der Waals surface area (Å²) in [6.07, 6.45) is -4.58. The zero-order chi connectivity index (χ0) is 14.1. The van der Waals surface area contributed by atoms with Gasteiger partial charge in [-0.05, 0) is 20.8 Å². The minimum Gasteiger partial charge on any atom is -0.351 e. The fourth-order valence-corrected chi connectivity index (χ4v) is 1.79. The van der Waals surface area contributed by atoms with Gasteiger partial charge in [-0.2, -0.15) is 13.2 Å². The van der Waals surface area contributed by atoms with Crippen LogP contribution in [0, 0.1) is 5.92 Å². The summed E-state index contributed by atoms with van der Waals surface area (Å²) in [5.41, 5.74) is -0.461. The molecule has 18 heavy (non-hydrogen) atoms. The average molecular weight is 266 g/mol. The second kappa shape index (κ2) is 4.78. The summed E-state index contributed by atoms with van der Waals surface area (Å²) >= 11 is 0. The normalized spacial score (nSPS) is 21.3. The highest BCUT2D eigenvalue weighted by Crippen LogP contribution is 2.24. The minimum atomic E-state index is -4.43. The quantitative estimate of drug-likeness (QED) is 0.819. The van der Waals surface area contributed by atoms with Crippen LogP contribution in [0.25, 0.3) is 0 Å². The standard InChI is InChI=1S/C11H17F3N2O2/c1-10(2,3)15-9(18)7-4-8(17)16(5-7)6-11(12,13)14/h7H,4-6H2,1-3H3,(H,15,18). The molecule has 1 aliphatic rings. The van der Waals surface area contributed by atoms with Crippen LogP contribution in [0.3, 0.4) is 0 Å². The van der Waals surface area contributed by atoms with E-state index in [0.717, 1.165) is 0 Å². The molecule has 0 aromatic heterocycles. The van der Waals surface area contributed by atoms with E-state index in [1.165, 1.54) is 0 Å². The van der Waals surface area contributed by atoms with Crippen LogP contribution in [-0.4, -0.2) is 41.5 Å². The topological polar surface area (TPSA) is 49.4 Å². The lowest BCUT2D eigenvalue weighted by molar-refractivity contribution is -0.157. The molecule has 1 atom stereocenters. The molecule has 1 fully saturated rings. The van der Waals surface area contributed by atoms with E-state index in [1.807, 2.05) is 0 Å². The number of nitrogens with zero attached hydrogens (tertiary/aromatic N) is 1. The van der Waals surface area contributed by atoms with Crippen molar-refractivity contribution in [3.8, 4) is 0 Å². The fraction of sp³-hybridized carbons (Fsp3) is 0.818. The molecule has 0 bridgehead atoms. The fourth-order valence-electron chi connectivity index (χ4n) is 1.79. The molecule has 1 unspecified atom stereocenters. The van der Waals surface area contributed by atoms with Gasteiger partial charge in [-0.15, -0.1) is 0 Å². The molecule has 1 aliphatic heterocycles. The molecule has 0 aromatic carbocycles. The van der Waals surface area contributed by atoms with Crippen molar-refractivity contribution in [2.45, 2.75) is 38.9 Å². The summed E-state index contributed by atoms with van der Waals surface area (Å²) in [6.45, 7) is 3.87. The SMILES string of the molecule is CC(C)(C)NC(=O)C1CC(=O)N(CC(F)(F)F)C1. The summed E-state index contributed by atoms with van der Waals surface area (Å²) in [5, 5.41) is 2.67. The number of nitrogens with one attached hydrogen (secondary N) is 1. The number of alkyl halides is 3. The number of halogens is 3. The third kappa shape index (κ3) is 4.54. The molecule has 1 rings (SSSR count). The van der Waals surface area contributed by atoms with E-state index in [9.17, 15) is 22.8 Å². The Labute approximate surface area is 104 Å². The van der Waals surface area contributed by atoms with E-state index < -0.39 is 30.1 Å². The molecule has 0 aromatic rings. The first-order valence-electron chi connectivity index (χ1n) is 5.64. The average Bonchev–Trinajstić information content (AvgIpc) is 2.42. The van der Waals surface area contributed by atoms with E-state index in [1.54, 1.807) is 20.8 Å². The Morgan fingerprint density at radius 1 is 1.39 bits per heavy atom. The second-order valence-corrected chi connectivity index (χ2v) is 5.53. The highest BCUT2D eigenvalue weighted by molar-refractivity contribution is 5.89. The van der Waals surface area contributed by atoms with Crippen molar-refractivity contribution in [2.24, 2.45) is 5.92 Å². The van der Waals surface area contributed by atoms with Gasteiger partial charge < -0.3 is 10.2 Å². The molecule has 7 heteroatoms. The molecule has 0 spiro atoms. The summed E-state index contributed by atoms with van der Waals surface area (Å²) in [7, 11) is 0. The lowest BCUT2D eigenvalue weighted by atomic mass is 10.0. The number of hydrogen-bond acceptors (Lipinski definition) is 2. The van der Waals surface area contributed by atoms with Gasteiger partial charge in [0.15, 0.2) is 0 Å². The third-order valence-electron chi connectivity index (χ3n) is 2.45. The van der Waals surface area contributed by atoms with Gasteiger partial charge in [0, 0.05) is 18.5 Å². The molecular formula is C11H17F3N2O2. The van der Waals surface area contributed by atoms with E-state index in [2.05, 4.69) is 5.32 Å². The first kappa shape index (κ1) is 14.8. The molecule has 1 N–H and O–H groups in total. The van der Waals surface area contributed by atoms with Crippen molar-refractivity contribution in [1.29, 1.82) is 0 Å². The van der Waals surface area contributed by atoms with E-state index in [4.69, 9.17) is 0 Å². The summed E-state index contributed by atoms with van der Waals surface area (Å²) in [5.74, 6) is -1.69. The number of likely N-dealkylation sites (tertiary alicyclic amines) is 1. The Kier molecular flexibility index (Phi) is 3.92. The van der Waals surface area contributed by atoms with Crippen molar-refractivity contribution in [3.05, 3.63) is 0 Å². The molecule has 0 radical (unpaired) electrons. The van der Waals surface area contributed by atoms with Gasteiger partial charge in [0.25, 0.3) is 0 Å². The van der Waals surface area contributed by atoms with Gasteiger partial charge >= 0.3 is 6.18 Å². The van der Waals surface area contributed by atoms with Crippen molar-refractivity contribution >= 4 is 11.8 Å². The molecule has 1 heterocycles. The summed E-state index contributed by atoms with van der Waals surface area (Å²) < 4.78 is 36.6. The Hall–Kier alpha value is -1.27. The van der Waals surface area contributed by atoms with Crippen LogP contribution in [-0.2, 0) is 9.59 Å². The lowest BCUT2D eigenvalue weighted by Crippen LogP contribution is -2.44. The maximum absolute atomic E-state index is 12.2. The first-order chi connectivity index (χ1) is 7.98. The van der Waals surface area contributed by atoms with Crippen molar-refractivity contribution in [2.75, 3.05) is 13.1 Å². The van der Waals surface area contributed by atoms with Crippen molar-refractivity contribution in [1.82, 2.24) is 10.2 Å². The zero-order valence-corrected chi connectivity index (χ0v) is 10.6. The largest absolute Gasteiger partial charge is 0.406 e. The number of carbonyl (C=O) groups excluding carboxylic acids is 2. The maximum atomic E-state index is 12.2. The Bertz CT molecular complexity index is 347. The van der Waals surface area contributed by atoms with E-state index in [-0.39, 0.29) is 18.9 Å². The van der Waals surface area contributed by atoms with Crippen LogP contribution < -0.4 is 5.32 Å². The molecule has 0 saturated carbocycles. The monoisotopic (exact) mass is 266 g/mol. The van der Waals surface area contributed by atoms with Gasteiger partial charge in [-0.3, -0.25) is 9.59 Å². The Morgan fingerprint density at radius 2 is 1.94 bits per heavy atom. The molecule has 2 amide bonds. The minimum absolute atomic E-state index is 0.155. The molecule has 104 valence electrons. The van der Waals surface area contributed by atoms with Crippen molar-refractivity contribution in [3.63, 3.8) is 0 Å². The van der Waals surface area contributed by atoms with Crippen LogP contribution in [0.4, 0.5) is 13.2 Å². The van der Waals surface area contributed by atoms with Crippen LogP contribution in [0.1, 0.15) is 27.2 Å². The van der Waals surface area contributed by atoms with Gasteiger partial charge in [0.1, 0.15) is 6.54 Å². The van der Waals surface area contributed by atoms with Gasteiger partial charge in [-0.1, -0.05) is 0 Å². The predicted molar refractivity (Wildman–Crippen MR) is 58.6 cm³/mol. The zero-order valence-electron chi connectivity index (χ0n) is 10.6.